The average molecular weight is 486 g/mol. The molecule has 2 aliphatic heterocycles. The van der Waals surface area contributed by atoms with Crippen molar-refractivity contribution in [3.05, 3.63) is 94.3 Å². The Labute approximate surface area is 198 Å². The number of rotatable bonds is 3. The first-order chi connectivity index (χ1) is 16.2. The lowest BCUT2D eigenvalue weighted by Crippen LogP contribution is -2.51. The number of hydrogen-bond acceptors (Lipinski definition) is 4. The van der Waals surface area contributed by atoms with Crippen molar-refractivity contribution in [2.24, 2.45) is 5.92 Å². The van der Waals surface area contributed by atoms with E-state index >= 15 is 0 Å². The highest BCUT2D eigenvalue weighted by molar-refractivity contribution is 6.30. The Balaban J connectivity index is 1.75. The summed E-state index contributed by atoms with van der Waals surface area (Å²) in [5.74, 6) is -2.48. The maximum atomic E-state index is 13.9. The minimum absolute atomic E-state index is 0.147. The summed E-state index contributed by atoms with van der Waals surface area (Å²) in [5.41, 5.74) is -1.65. The number of anilines is 1. The largest absolute Gasteiger partial charge is 0.418 e. The second-order valence-electron chi connectivity index (χ2n) is 8.57. The third-order valence-electron chi connectivity index (χ3n) is 6.82. The van der Waals surface area contributed by atoms with Crippen LogP contribution in [0.3, 0.4) is 0 Å². The summed E-state index contributed by atoms with van der Waals surface area (Å²) in [6, 6.07) is 13.9. The molecule has 3 atom stereocenters. The molecule has 1 amide bonds. The minimum atomic E-state index is -4.67. The van der Waals surface area contributed by atoms with Gasteiger partial charge in [-0.05, 0) is 42.9 Å². The van der Waals surface area contributed by atoms with Crippen molar-refractivity contribution < 1.29 is 22.8 Å². The number of nitrogens with one attached hydrogen (secondary N) is 1. The number of pyridine rings is 1. The average Bonchev–Trinajstić information content (AvgIpc) is 3.28. The van der Waals surface area contributed by atoms with Gasteiger partial charge in [0, 0.05) is 41.0 Å². The number of aromatic nitrogens is 1. The van der Waals surface area contributed by atoms with E-state index in [9.17, 15) is 22.8 Å². The van der Waals surface area contributed by atoms with E-state index in [4.69, 9.17) is 11.6 Å². The van der Waals surface area contributed by atoms with Crippen molar-refractivity contribution in [3.63, 3.8) is 0 Å². The molecule has 0 unspecified atom stereocenters. The van der Waals surface area contributed by atoms with Crippen molar-refractivity contribution in [2.75, 3.05) is 18.9 Å². The molecule has 5 rings (SSSR count). The molecule has 1 aromatic heterocycles. The lowest BCUT2D eigenvalue weighted by Gasteiger charge is -2.35. The van der Waals surface area contributed by atoms with Crippen molar-refractivity contribution in [3.8, 4) is 0 Å². The smallest absolute Gasteiger partial charge is 0.323 e. The number of para-hydroxylation sites is 1. The second-order valence-corrected chi connectivity index (χ2v) is 9.01. The van der Waals surface area contributed by atoms with Crippen molar-refractivity contribution in [1.29, 1.82) is 0 Å². The molecule has 34 heavy (non-hydrogen) atoms. The Morgan fingerprint density at radius 3 is 2.53 bits per heavy atom. The summed E-state index contributed by atoms with van der Waals surface area (Å²) in [5, 5.41) is 2.98. The first-order valence-corrected chi connectivity index (χ1v) is 11.0. The SMILES string of the molecule is CN1C[C@H](c2ccc(Cl)cc2)[C@@H](C(=O)c2cccnc2)[C@]12C(=O)Nc1c(C(F)(F)F)cccc12. The highest BCUT2D eigenvalue weighted by Gasteiger charge is 2.65. The molecular formula is C25H19ClF3N3O2. The Morgan fingerprint density at radius 1 is 1.15 bits per heavy atom. The number of Topliss-reactive ketones (excluding diaryl/α,β-unsaturated/α-hetero) is 1. The monoisotopic (exact) mass is 485 g/mol. The minimum Gasteiger partial charge on any atom is -0.323 e. The number of halogens is 4. The molecule has 0 saturated carbocycles. The van der Waals surface area contributed by atoms with Crippen LogP contribution in [0.1, 0.15) is 33.0 Å². The third kappa shape index (κ3) is 3.24. The number of alkyl halides is 3. The zero-order valence-electron chi connectivity index (χ0n) is 17.9. The standard InChI is InChI=1S/C25H19ClF3N3O2/c1-32-13-17(14-7-9-16(26)10-8-14)20(22(33)15-4-3-11-30-12-15)24(32)18-5-2-6-19(25(27,28)29)21(18)31-23(24)34/h2-12,17,20H,13H2,1H3,(H,31,34)/t17-,20+,24-/m1/s1. The molecule has 1 N–H and O–H groups in total. The molecule has 0 radical (unpaired) electrons. The molecule has 9 heteroatoms. The summed E-state index contributed by atoms with van der Waals surface area (Å²) in [6.45, 7) is 0.279. The molecule has 1 fully saturated rings. The van der Waals surface area contributed by atoms with Gasteiger partial charge in [0.1, 0.15) is 5.54 Å². The van der Waals surface area contributed by atoms with Crippen LogP contribution in [0, 0.1) is 5.92 Å². The van der Waals surface area contributed by atoms with E-state index in [1.54, 1.807) is 48.3 Å². The fourth-order valence-corrected chi connectivity index (χ4v) is 5.53. The summed E-state index contributed by atoms with van der Waals surface area (Å²) >= 11 is 6.06. The Hall–Kier alpha value is -3.23. The van der Waals surface area contributed by atoms with Gasteiger partial charge in [0.15, 0.2) is 5.78 Å². The van der Waals surface area contributed by atoms with Crippen LogP contribution in [-0.2, 0) is 16.5 Å². The Bertz CT molecular complexity index is 1280. The van der Waals surface area contributed by atoms with Crippen LogP contribution in [-0.4, -0.2) is 35.2 Å². The summed E-state index contributed by atoms with van der Waals surface area (Å²) in [6.07, 6.45) is -1.73. The number of amides is 1. The van der Waals surface area contributed by atoms with Gasteiger partial charge in [-0.15, -0.1) is 0 Å². The van der Waals surface area contributed by atoms with Crippen LogP contribution in [0.4, 0.5) is 18.9 Å². The highest BCUT2D eigenvalue weighted by Crippen LogP contribution is 2.57. The van der Waals surface area contributed by atoms with Crippen LogP contribution in [0.15, 0.2) is 67.0 Å². The molecule has 0 bridgehead atoms. The first kappa shape index (κ1) is 22.6. The molecule has 2 aromatic carbocycles. The van der Waals surface area contributed by atoms with Crippen LogP contribution >= 0.6 is 11.6 Å². The van der Waals surface area contributed by atoms with Crippen LogP contribution in [0.2, 0.25) is 5.02 Å². The summed E-state index contributed by atoms with van der Waals surface area (Å²) in [4.78, 5) is 33.3. The number of likely N-dealkylation sites (N-methyl/N-ethyl adjacent to an activating group) is 1. The van der Waals surface area contributed by atoms with Gasteiger partial charge in [0.05, 0.1) is 17.2 Å². The first-order valence-electron chi connectivity index (χ1n) is 10.6. The molecule has 2 aliphatic rings. The lowest BCUT2D eigenvalue weighted by atomic mass is 9.70. The van der Waals surface area contributed by atoms with E-state index in [1.165, 1.54) is 24.5 Å². The number of benzene rings is 2. The Morgan fingerprint density at radius 2 is 1.88 bits per heavy atom. The molecule has 3 aromatic rings. The zero-order valence-corrected chi connectivity index (χ0v) is 18.7. The maximum absolute atomic E-state index is 13.9. The van der Waals surface area contributed by atoms with E-state index in [2.05, 4.69) is 10.3 Å². The van der Waals surface area contributed by atoms with Gasteiger partial charge in [-0.25, -0.2) is 0 Å². The number of carbonyl (C=O) groups excluding carboxylic acids is 2. The second kappa shape index (κ2) is 7.92. The van der Waals surface area contributed by atoms with Gasteiger partial charge < -0.3 is 5.32 Å². The normalized spacial score (nSPS) is 24.3. The van der Waals surface area contributed by atoms with E-state index in [0.29, 0.717) is 5.02 Å². The third-order valence-corrected chi connectivity index (χ3v) is 7.07. The Kier molecular flexibility index (Phi) is 5.26. The molecule has 0 aliphatic carbocycles. The van der Waals surface area contributed by atoms with Crippen LogP contribution in [0.25, 0.3) is 0 Å². The van der Waals surface area contributed by atoms with Crippen molar-refractivity contribution >= 4 is 29.0 Å². The topological polar surface area (TPSA) is 62.3 Å². The van der Waals surface area contributed by atoms with Gasteiger partial charge in [-0.1, -0.05) is 35.9 Å². The number of carbonyl (C=O) groups is 2. The lowest BCUT2D eigenvalue weighted by molar-refractivity contribution is -0.136. The van der Waals surface area contributed by atoms with Gasteiger partial charge in [-0.3, -0.25) is 19.5 Å². The van der Waals surface area contributed by atoms with Crippen molar-refractivity contribution in [1.82, 2.24) is 9.88 Å². The zero-order chi connectivity index (χ0) is 24.3. The molecule has 5 nitrogen and oxygen atoms in total. The molecule has 174 valence electrons. The number of likely N-dealkylation sites (tertiary alicyclic amines) is 1. The van der Waals surface area contributed by atoms with E-state index in [0.717, 1.165) is 11.6 Å². The fourth-order valence-electron chi connectivity index (χ4n) is 5.40. The predicted octanol–water partition coefficient (Wildman–Crippen LogP) is 5.13. The molecular weight excluding hydrogens is 467 g/mol. The maximum Gasteiger partial charge on any atom is 0.418 e. The van der Waals surface area contributed by atoms with Gasteiger partial charge in [-0.2, -0.15) is 13.2 Å². The predicted molar refractivity (Wildman–Crippen MR) is 121 cm³/mol. The van der Waals surface area contributed by atoms with Crippen LogP contribution < -0.4 is 5.32 Å². The fraction of sp³-hybridized carbons (Fsp3) is 0.240. The number of nitrogens with zero attached hydrogens (tertiary/aromatic N) is 2. The summed E-state index contributed by atoms with van der Waals surface area (Å²) in [7, 11) is 1.66. The molecule has 1 saturated heterocycles. The van der Waals surface area contributed by atoms with Crippen molar-refractivity contribution in [2.45, 2.75) is 17.6 Å². The van der Waals surface area contributed by atoms with E-state index < -0.39 is 35.0 Å². The highest BCUT2D eigenvalue weighted by atomic mass is 35.5. The van der Waals surface area contributed by atoms with Gasteiger partial charge in [0.2, 0.25) is 5.91 Å². The van der Waals surface area contributed by atoms with E-state index in [-0.39, 0.29) is 29.1 Å². The molecule has 3 heterocycles. The molecule has 1 spiro atoms. The van der Waals surface area contributed by atoms with Crippen LogP contribution in [0.5, 0.6) is 0 Å². The van der Waals surface area contributed by atoms with Gasteiger partial charge >= 0.3 is 6.18 Å². The van der Waals surface area contributed by atoms with Gasteiger partial charge in [0.25, 0.3) is 0 Å². The number of hydrogen-bond donors (Lipinski definition) is 1. The number of fused-ring (bicyclic) bond motifs is 2. The van der Waals surface area contributed by atoms with E-state index in [1.807, 2.05) is 0 Å². The number of ketones is 1. The quantitative estimate of drug-likeness (QED) is 0.522. The summed E-state index contributed by atoms with van der Waals surface area (Å²) < 4.78 is 41.4.